The Balaban J connectivity index is 2.43. The van der Waals surface area contributed by atoms with E-state index in [-0.39, 0.29) is 12.2 Å². The van der Waals surface area contributed by atoms with Crippen LogP contribution < -0.4 is 0 Å². The van der Waals surface area contributed by atoms with Crippen molar-refractivity contribution in [2.75, 3.05) is 7.11 Å². The third-order valence-electron chi connectivity index (χ3n) is 2.97. The molecule has 0 radical (unpaired) electrons. The summed E-state index contributed by atoms with van der Waals surface area (Å²) in [6.45, 7) is 3.75. The van der Waals surface area contributed by atoms with Gasteiger partial charge >= 0.3 is 5.97 Å². The molecule has 0 bridgehead atoms. The standard InChI is InChI=1S/C13H16O4/c1-9-10(2)17-13(16-9,12(14)15-3)11-7-5-4-6-8-11/h4-10H,1-3H3/t9-,10-/m1/s1. The molecule has 0 aromatic heterocycles. The van der Waals surface area contributed by atoms with E-state index >= 15 is 0 Å². The fraction of sp³-hybridized carbons (Fsp3) is 0.462. The van der Waals surface area contributed by atoms with Crippen LogP contribution in [0.15, 0.2) is 30.3 Å². The van der Waals surface area contributed by atoms with Gasteiger partial charge in [0.2, 0.25) is 0 Å². The van der Waals surface area contributed by atoms with Gasteiger partial charge in [0.15, 0.2) is 0 Å². The fourth-order valence-electron chi connectivity index (χ4n) is 1.89. The maximum Gasteiger partial charge on any atom is 0.371 e. The van der Waals surface area contributed by atoms with Gasteiger partial charge in [0.1, 0.15) is 0 Å². The lowest BCUT2D eigenvalue weighted by atomic mass is 10.1. The van der Waals surface area contributed by atoms with Crippen molar-refractivity contribution >= 4 is 5.97 Å². The van der Waals surface area contributed by atoms with Gasteiger partial charge in [-0.2, -0.15) is 0 Å². The van der Waals surface area contributed by atoms with E-state index in [9.17, 15) is 4.79 Å². The second kappa shape index (κ2) is 4.47. The molecule has 4 heteroatoms. The van der Waals surface area contributed by atoms with Crippen molar-refractivity contribution in [1.82, 2.24) is 0 Å². The zero-order valence-electron chi connectivity index (χ0n) is 10.2. The highest BCUT2D eigenvalue weighted by atomic mass is 16.8. The molecule has 0 unspecified atom stereocenters. The van der Waals surface area contributed by atoms with Crippen molar-refractivity contribution in [2.24, 2.45) is 0 Å². The number of methoxy groups -OCH3 is 1. The van der Waals surface area contributed by atoms with Crippen LogP contribution in [0.2, 0.25) is 0 Å². The van der Waals surface area contributed by atoms with Crippen LogP contribution in [0.5, 0.6) is 0 Å². The third kappa shape index (κ3) is 1.94. The van der Waals surface area contributed by atoms with Crippen LogP contribution in [0.1, 0.15) is 19.4 Å². The van der Waals surface area contributed by atoms with Crippen LogP contribution in [0.4, 0.5) is 0 Å². The molecule has 0 saturated carbocycles. The molecule has 1 aliphatic rings. The number of esters is 1. The summed E-state index contributed by atoms with van der Waals surface area (Å²) in [5.41, 5.74) is 0.656. The zero-order valence-corrected chi connectivity index (χ0v) is 10.2. The first kappa shape index (κ1) is 12.1. The minimum Gasteiger partial charge on any atom is -0.465 e. The van der Waals surface area contributed by atoms with Crippen molar-refractivity contribution in [1.29, 1.82) is 0 Å². The van der Waals surface area contributed by atoms with E-state index in [2.05, 4.69) is 0 Å². The molecule has 0 spiro atoms. The SMILES string of the molecule is COC(=O)C1(c2ccccc2)O[C@H](C)[C@@H](C)O1. The van der Waals surface area contributed by atoms with Crippen molar-refractivity contribution in [3.8, 4) is 0 Å². The Bertz CT molecular complexity index is 391. The molecule has 2 rings (SSSR count). The van der Waals surface area contributed by atoms with Crippen LogP contribution in [0.3, 0.4) is 0 Å². The normalized spacial score (nSPS) is 26.8. The van der Waals surface area contributed by atoms with Crippen molar-refractivity contribution in [2.45, 2.75) is 31.8 Å². The minimum absolute atomic E-state index is 0.158. The van der Waals surface area contributed by atoms with Crippen LogP contribution in [-0.2, 0) is 24.8 Å². The number of rotatable bonds is 2. The van der Waals surface area contributed by atoms with Crippen LogP contribution in [0.25, 0.3) is 0 Å². The maximum atomic E-state index is 12.0. The molecule has 4 nitrogen and oxygen atoms in total. The molecular weight excluding hydrogens is 220 g/mol. The summed E-state index contributed by atoms with van der Waals surface area (Å²) in [6.07, 6.45) is -0.316. The van der Waals surface area contributed by atoms with E-state index in [1.807, 2.05) is 32.0 Å². The molecule has 1 fully saturated rings. The van der Waals surface area contributed by atoms with Crippen LogP contribution in [-0.4, -0.2) is 25.3 Å². The quantitative estimate of drug-likeness (QED) is 0.735. The Morgan fingerprint density at radius 1 is 1.18 bits per heavy atom. The molecule has 1 aromatic carbocycles. The molecule has 1 aromatic rings. The molecule has 0 aliphatic carbocycles. The summed E-state index contributed by atoms with van der Waals surface area (Å²) in [4.78, 5) is 12.0. The first-order valence-corrected chi connectivity index (χ1v) is 5.59. The van der Waals surface area contributed by atoms with Gasteiger partial charge in [0, 0.05) is 5.56 Å². The average molecular weight is 236 g/mol. The Hall–Kier alpha value is -1.39. The Kier molecular flexibility index (Phi) is 3.17. The smallest absolute Gasteiger partial charge is 0.371 e. The van der Waals surface area contributed by atoms with Gasteiger partial charge in [-0.25, -0.2) is 4.79 Å². The van der Waals surface area contributed by atoms with Gasteiger partial charge in [-0.15, -0.1) is 0 Å². The van der Waals surface area contributed by atoms with E-state index in [0.717, 1.165) is 0 Å². The lowest BCUT2D eigenvalue weighted by Crippen LogP contribution is -2.38. The van der Waals surface area contributed by atoms with Crippen molar-refractivity contribution in [3.63, 3.8) is 0 Å². The van der Waals surface area contributed by atoms with Crippen molar-refractivity contribution < 1.29 is 19.0 Å². The lowest BCUT2D eigenvalue weighted by molar-refractivity contribution is -0.216. The lowest BCUT2D eigenvalue weighted by Gasteiger charge is -2.25. The highest BCUT2D eigenvalue weighted by Gasteiger charge is 2.52. The summed E-state index contributed by atoms with van der Waals surface area (Å²) >= 11 is 0. The fourth-order valence-corrected chi connectivity index (χ4v) is 1.89. The second-order valence-corrected chi connectivity index (χ2v) is 4.12. The second-order valence-electron chi connectivity index (χ2n) is 4.12. The molecule has 2 atom stereocenters. The van der Waals surface area contributed by atoms with Crippen LogP contribution in [0, 0.1) is 0 Å². The molecular formula is C13H16O4. The molecule has 1 heterocycles. The molecule has 0 N–H and O–H groups in total. The molecule has 1 saturated heterocycles. The Morgan fingerprint density at radius 2 is 1.71 bits per heavy atom. The number of hydrogen-bond acceptors (Lipinski definition) is 4. The highest BCUT2D eigenvalue weighted by molar-refractivity contribution is 5.80. The van der Waals surface area contributed by atoms with E-state index in [0.29, 0.717) is 5.56 Å². The predicted octanol–water partition coefficient (Wildman–Crippen LogP) is 1.84. The molecule has 17 heavy (non-hydrogen) atoms. The van der Waals surface area contributed by atoms with E-state index < -0.39 is 11.8 Å². The topological polar surface area (TPSA) is 44.8 Å². The number of carbonyl (C=O) groups excluding carboxylic acids is 1. The van der Waals surface area contributed by atoms with Gasteiger partial charge < -0.3 is 14.2 Å². The average Bonchev–Trinajstić information content (AvgIpc) is 2.67. The van der Waals surface area contributed by atoms with E-state index in [1.165, 1.54) is 7.11 Å². The van der Waals surface area contributed by atoms with Crippen molar-refractivity contribution in [3.05, 3.63) is 35.9 Å². The van der Waals surface area contributed by atoms with E-state index in [4.69, 9.17) is 14.2 Å². The Morgan fingerprint density at radius 3 is 2.18 bits per heavy atom. The van der Waals surface area contributed by atoms with Gasteiger partial charge in [-0.3, -0.25) is 0 Å². The van der Waals surface area contributed by atoms with Crippen LogP contribution >= 0.6 is 0 Å². The number of ether oxygens (including phenoxy) is 3. The number of hydrogen-bond donors (Lipinski definition) is 0. The summed E-state index contributed by atoms with van der Waals surface area (Å²) < 4.78 is 16.2. The Labute approximate surface area is 100 Å². The molecule has 0 amide bonds. The number of benzene rings is 1. The first-order chi connectivity index (χ1) is 8.10. The summed E-state index contributed by atoms with van der Waals surface area (Å²) in [5.74, 6) is -1.95. The van der Waals surface area contributed by atoms with Gasteiger partial charge in [-0.1, -0.05) is 30.3 Å². The number of carbonyl (C=O) groups is 1. The summed E-state index contributed by atoms with van der Waals surface area (Å²) in [5, 5.41) is 0. The zero-order chi connectivity index (χ0) is 12.5. The third-order valence-corrected chi connectivity index (χ3v) is 2.97. The predicted molar refractivity (Wildman–Crippen MR) is 61.2 cm³/mol. The van der Waals surface area contributed by atoms with Gasteiger partial charge in [0.05, 0.1) is 19.3 Å². The molecule has 1 aliphatic heterocycles. The summed E-state index contributed by atoms with van der Waals surface area (Å²) in [6, 6.07) is 9.13. The maximum absolute atomic E-state index is 12.0. The van der Waals surface area contributed by atoms with Gasteiger partial charge in [0.25, 0.3) is 5.79 Å². The summed E-state index contributed by atoms with van der Waals surface area (Å²) in [7, 11) is 1.33. The largest absolute Gasteiger partial charge is 0.465 e. The minimum atomic E-state index is -1.42. The highest BCUT2D eigenvalue weighted by Crippen LogP contribution is 2.38. The first-order valence-electron chi connectivity index (χ1n) is 5.59. The molecule has 92 valence electrons. The monoisotopic (exact) mass is 236 g/mol. The van der Waals surface area contributed by atoms with Gasteiger partial charge in [-0.05, 0) is 13.8 Å². The van der Waals surface area contributed by atoms with E-state index in [1.54, 1.807) is 12.1 Å².